The zero-order chi connectivity index (χ0) is 14.5. The van der Waals surface area contributed by atoms with Gasteiger partial charge in [-0.15, -0.1) is 0 Å². The predicted molar refractivity (Wildman–Crippen MR) is 77.4 cm³/mol. The Kier molecular flexibility index (Phi) is 4.66. The molecule has 0 atom stereocenters. The van der Waals surface area contributed by atoms with Gasteiger partial charge in [0.25, 0.3) is 0 Å². The molecule has 0 saturated heterocycles. The second-order valence-corrected chi connectivity index (χ2v) is 5.25. The van der Waals surface area contributed by atoms with Crippen LogP contribution in [0, 0.1) is 0 Å². The van der Waals surface area contributed by atoms with E-state index in [4.69, 9.17) is 4.52 Å². The van der Waals surface area contributed by atoms with Gasteiger partial charge in [0.1, 0.15) is 5.78 Å². The van der Waals surface area contributed by atoms with Crippen molar-refractivity contribution in [3.63, 3.8) is 0 Å². The van der Waals surface area contributed by atoms with Crippen LogP contribution in [0.5, 0.6) is 0 Å². The lowest BCUT2D eigenvalue weighted by atomic mass is 10.0. The van der Waals surface area contributed by atoms with E-state index < -0.39 is 0 Å². The summed E-state index contributed by atoms with van der Waals surface area (Å²) in [6, 6.07) is 8.10. The minimum Gasteiger partial charge on any atom is -0.339 e. The molecule has 106 valence electrons. The molecular weight excluding hydrogens is 252 g/mol. The van der Waals surface area contributed by atoms with Crippen LogP contribution in [0.1, 0.15) is 51.0 Å². The Morgan fingerprint density at radius 3 is 2.55 bits per heavy atom. The highest BCUT2D eigenvalue weighted by atomic mass is 16.5. The Hall–Kier alpha value is -1.97. The van der Waals surface area contributed by atoms with Gasteiger partial charge in [-0.25, -0.2) is 0 Å². The molecule has 20 heavy (non-hydrogen) atoms. The van der Waals surface area contributed by atoms with Gasteiger partial charge in [-0.3, -0.25) is 4.79 Å². The molecule has 0 N–H and O–H groups in total. The fourth-order valence-corrected chi connectivity index (χ4v) is 2.00. The number of aromatic nitrogens is 2. The lowest BCUT2D eigenvalue weighted by Gasteiger charge is -2.04. The molecule has 1 heterocycles. The maximum absolute atomic E-state index is 11.6. The van der Waals surface area contributed by atoms with E-state index in [0.717, 1.165) is 12.0 Å². The molecule has 0 unspecified atom stereocenters. The van der Waals surface area contributed by atoms with Gasteiger partial charge in [-0.2, -0.15) is 4.98 Å². The Morgan fingerprint density at radius 2 is 1.95 bits per heavy atom. The van der Waals surface area contributed by atoms with Crippen molar-refractivity contribution >= 4 is 5.78 Å². The second kappa shape index (κ2) is 6.46. The van der Waals surface area contributed by atoms with E-state index in [1.54, 1.807) is 0 Å². The summed E-state index contributed by atoms with van der Waals surface area (Å²) < 4.78 is 5.13. The van der Waals surface area contributed by atoms with Crippen LogP contribution in [0.2, 0.25) is 0 Å². The predicted octanol–water partition coefficient (Wildman–Crippen LogP) is 3.77. The van der Waals surface area contributed by atoms with Crippen LogP contribution < -0.4 is 0 Å². The van der Waals surface area contributed by atoms with Crippen molar-refractivity contribution in [1.29, 1.82) is 0 Å². The van der Waals surface area contributed by atoms with E-state index in [1.807, 2.05) is 19.1 Å². The van der Waals surface area contributed by atoms with Crippen LogP contribution in [0.4, 0.5) is 0 Å². The molecule has 4 heteroatoms. The number of hydrogen-bond acceptors (Lipinski definition) is 4. The molecular formula is C16H20N2O2. The van der Waals surface area contributed by atoms with Gasteiger partial charge in [-0.05, 0) is 17.9 Å². The van der Waals surface area contributed by atoms with Crippen LogP contribution >= 0.6 is 0 Å². The summed E-state index contributed by atoms with van der Waals surface area (Å²) >= 11 is 0. The Balaban J connectivity index is 2.10. The Bertz CT molecular complexity index is 570. The summed E-state index contributed by atoms with van der Waals surface area (Å²) in [6.45, 7) is 6.29. The first-order chi connectivity index (χ1) is 9.60. The summed E-state index contributed by atoms with van der Waals surface area (Å²) in [4.78, 5) is 15.8. The molecule has 0 spiro atoms. The smallest absolute Gasteiger partial charge is 0.234 e. The number of nitrogens with zero attached hydrogens (tertiary/aromatic N) is 2. The first-order valence-corrected chi connectivity index (χ1v) is 7.04. The van der Waals surface area contributed by atoms with Crippen LogP contribution in [0.25, 0.3) is 11.4 Å². The molecule has 2 aromatic rings. The third-order valence-corrected chi connectivity index (χ3v) is 3.18. The molecule has 0 aliphatic rings. The van der Waals surface area contributed by atoms with E-state index in [-0.39, 0.29) is 12.2 Å². The first-order valence-electron chi connectivity index (χ1n) is 7.04. The number of carbonyl (C=O) groups excluding carboxylic acids is 1. The number of Topliss-reactive ketones (excluding diaryl/α,β-unsaturated/α-hetero) is 1. The molecule has 0 amide bonds. The molecule has 0 saturated carbocycles. The monoisotopic (exact) mass is 272 g/mol. The zero-order valence-corrected chi connectivity index (χ0v) is 12.2. The van der Waals surface area contributed by atoms with Crippen molar-refractivity contribution in [2.45, 2.75) is 46.0 Å². The summed E-state index contributed by atoms with van der Waals surface area (Å²) in [7, 11) is 0. The third-order valence-electron chi connectivity index (χ3n) is 3.18. The fourth-order valence-electron chi connectivity index (χ4n) is 2.00. The van der Waals surface area contributed by atoms with Gasteiger partial charge >= 0.3 is 0 Å². The number of ketones is 1. The van der Waals surface area contributed by atoms with Gasteiger partial charge in [-0.1, -0.05) is 50.2 Å². The van der Waals surface area contributed by atoms with Crippen molar-refractivity contribution in [3.8, 4) is 11.4 Å². The molecule has 0 aliphatic heterocycles. The average Bonchev–Trinajstić information content (AvgIpc) is 2.87. The average molecular weight is 272 g/mol. The summed E-state index contributed by atoms with van der Waals surface area (Å²) in [5.74, 6) is 1.57. The highest BCUT2D eigenvalue weighted by Crippen LogP contribution is 2.20. The second-order valence-electron chi connectivity index (χ2n) is 5.25. The van der Waals surface area contributed by atoms with Crippen LogP contribution in [-0.4, -0.2) is 15.9 Å². The van der Waals surface area contributed by atoms with E-state index >= 15 is 0 Å². The number of benzene rings is 1. The van der Waals surface area contributed by atoms with Crippen molar-refractivity contribution in [3.05, 3.63) is 35.7 Å². The largest absolute Gasteiger partial charge is 0.339 e. The van der Waals surface area contributed by atoms with Crippen LogP contribution in [0.3, 0.4) is 0 Å². The van der Waals surface area contributed by atoms with Crippen molar-refractivity contribution in [2.24, 2.45) is 0 Å². The number of hydrogen-bond donors (Lipinski definition) is 0. The van der Waals surface area contributed by atoms with Crippen LogP contribution in [0.15, 0.2) is 28.8 Å². The lowest BCUT2D eigenvalue weighted by Crippen LogP contribution is -2.01. The zero-order valence-electron chi connectivity index (χ0n) is 12.2. The molecule has 1 aromatic heterocycles. The summed E-state index contributed by atoms with van der Waals surface area (Å²) in [6.07, 6.45) is 1.63. The van der Waals surface area contributed by atoms with Crippen LogP contribution in [-0.2, 0) is 11.2 Å². The normalized spacial score (nSPS) is 11.0. The fraction of sp³-hybridized carbons (Fsp3) is 0.438. The minimum absolute atomic E-state index is 0.137. The van der Waals surface area contributed by atoms with E-state index in [0.29, 0.717) is 24.1 Å². The molecule has 0 aliphatic carbocycles. The summed E-state index contributed by atoms with van der Waals surface area (Å²) in [5, 5.41) is 3.94. The molecule has 2 rings (SSSR count). The highest BCUT2D eigenvalue weighted by molar-refractivity contribution is 5.79. The molecule has 1 aromatic carbocycles. The topological polar surface area (TPSA) is 56.0 Å². The van der Waals surface area contributed by atoms with Crippen molar-refractivity contribution in [2.75, 3.05) is 0 Å². The van der Waals surface area contributed by atoms with E-state index in [1.165, 1.54) is 5.56 Å². The third kappa shape index (κ3) is 3.53. The van der Waals surface area contributed by atoms with Gasteiger partial charge in [0.2, 0.25) is 11.7 Å². The van der Waals surface area contributed by atoms with Crippen molar-refractivity contribution < 1.29 is 9.32 Å². The lowest BCUT2D eigenvalue weighted by molar-refractivity contribution is -0.118. The van der Waals surface area contributed by atoms with Gasteiger partial charge in [0, 0.05) is 12.0 Å². The standard InChI is InChI=1S/C16H20N2O2/c1-4-5-14(19)10-15-17-16(18-20-15)13-8-6-12(7-9-13)11(2)3/h6-9,11H,4-5,10H2,1-3H3. The maximum atomic E-state index is 11.6. The molecule has 0 radical (unpaired) electrons. The van der Waals surface area contributed by atoms with Gasteiger partial charge in [0.15, 0.2) is 0 Å². The van der Waals surface area contributed by atoms with E-state index in [9.17, 15) is 4.79 Å². The summed E-state index contributed by atoms with van der Waals surface area (Å²) in [5.41, 5.74) is 2.18. The van der Waals surface area contributed by atoms with Gasteiger partial charge < -0.3 is 4.52 Å². The van der Waals surface area contributed by atoms with Crippen molar-refractivity contribution in [1.82, 2.24) is 10.1 Å². The molecule has 0 bridgehead atoms. The minimum atomic E-state index is 0.137. The highest BCUT2D eigenvalue weighted by Gasteiger charge is 2.12. The number of carbonyl (C=O) groups is 1. The quantitative estimate of drug-likeness (QED) is 0.803. The van der Waals surface area contributed by atoms with E-state index in [2.05, 4.69) is 36.1 Å². The van der Waals surface area contributed by atoms with Gasteiger partial charge in [0.05, 0.1) is 6.42 Å². The number of rotatable bonds is 6. The molecule has 4 nitrogen and oxygen atoms in total. The Labute approximate surface area is 119 Å². The first kappa shape index (κ1) is 14.4. The maximum Gasteiger partial charge on any atom is 0.234 e. The SMILES string of the molecule is CCCC(=O)Cc1nc(-c2ccc(C(C)C)cc2)no1. The molecule has 0 fully saturated rings. The Morgan fingerprint density at radius 1 is 1.25 bits per heavy atom.